The third kappa shape index (κ3) is 2.94. The number of fused-ring (bicyclic) bond motifs is 5. The molecular weight excluding hydrogens is 405 g/mol. The molecule has 3 heterocycles. The number of rotatable bonds is 1. The molecule has 0 amide bonds. The van der Waals surface area contributed by atoms with Crippen molar-refractivity contribution < 1.29 is 0 Å². The predicted octanol–water partition coefficient (Wildman–Crippen LogP) is 5.97. The lowest BCUT2D eigenvalue weighted by Crippen LogP contribution is -2.63. The Morgan fingerprint density at radius 3 is 2.24 bits per heavy atom. The van der Waals surface area contributed by atoms with E-state index in [4.69, 9.17) is 9.97 Å². The van der Waals surface area contributed by atoms with E-state index in [-0.39, 0.29) is 0 Å². The van der Waals surface area contributed by atoms with Crippen LogP contribution < -0.4 is 10.4 Å². The minimum Gasteiger partial charge on any atom is -0.235 e. The lowest BCUT2D eigenvalue weighted by Gasteiger charge is -2.39. The SMILES string of the molecule is Cc1cc(C)cc(-c2ncnc3c2sc2c4c(ccc23)[Si](C)(C)CC[Si]4(C)C)c1. The monoisotopic (exact) mass is 432 g/mol. The Hall–Kier alpha value is -1.83. The summed E-state index contributed by atoms with van der Waals surface area (Å²) in [7, 11) is -2.80. The van der Waals surface area contributed by atoms with Crippen molar-refractivity contribution in [2.24, 2.45) is 0 Å². The van der Waals surface area contributed by atoms with Crippen LogP contribution in [0.5, 0.6) is 0 Å². The molecule has 0 aliphatic carbocycles. The topological polar surface area (TPSA) is 25.8 Å². The van der Waals surface area contributed by atoms with Crippen molar-refractivity contribution in [3.05, 3.63) is 47.8 Å². The summed E-state index contributed by atoms with van der Waals surface area (Å²) in [5.74, 6) is 0. The minimum absolute atomic E-state index is 1.09. The third-order valence-corrected chi connectivity index (χ3v) is 15.6. The van der Waals surface area contributed by atoms with E-state index in [2.05, 4.69) is 70.4 Å². The zero-order valence-corrected chi connectivity index (χ0v) is 21.0. The van der Waals surface area contributed by atoms with Crippen LogP contribution in [0, 0.1) is 13.8 Å². The van der Waals surface area contributed by atoms with Crippen LogP contribution in [0.3, 0.4) is 0 Å². The molecule has 0 saturated heterocycles. The first-order valence-electron chi connectivity index (χ1n) is 10.5. The molecule has 5 rings (SSSR count). The molecule has 0 fully saturated rings. The van der Waals surface area contributed by atoms with Crippen LogP contribution in [0.15, 0.2) is 36.7 Å². The molecule has 148 valence electrons. The predicted molar refractivity (Wildman–Crippen MR) is 134 cm³/mol. The number of aromatic nitrogens is 2. The molecule has 0 bridgehead atoms. The first-order valence-corrected chi connectivity index (χ1v) is 17.7. The zero-order chi connectivity index (χ0) is 20.6. The highest BCUT2D eigenvalue weighted by molar-refractivity contribution is 7.28. The van der Waals surface area contributed by atoms with Crippen molar-refractivity contribution in [1.82, 2.24) is 9.97 Å². The highest BCUT2D eigenvalue weighted by Crippen LogP contribution is 2.39. The molecule has 2 nitrogen and oxygen atoms in total. The van der Waals surface area contributed by atoms with Crippen LogP contribution in [0.2, 0.25) is 38.3 Å². The number of nitrogens with zero attached hydrogens (tertiary/aromatic N) is 2. The highest BCUT2D eigenvalue weighted by atomic mass is 32.1. The van der Waals surface area contributed by atoms with Crippen LogP contribution in [-0.4, -0.2) is 26.1 Å². The summed E-state index contributed by atoms with van der Waals surface area (Å²) in [5, 5.41) is 4.77. The van der Waals surface area contributed by atoms with Gasteiger partial charge in [-0.2, -0.15) is 0 Å². The van der Waals surface area contributed by atoms with Gasteiger partial charge in [-0.1, -0.05) is 72.8 Å². The van der Waals surface area contributed by atoms with E-state index in [9.17, 15) is 0 Å². The van der Waals surface area contributed by atoms with Crippen LogP contribution in [-0.2, 0) is 0 Å². The highest BCUT2D eigenvalue weighted by Gasteiger charge is 2.41. The molecule has 29 heavy (non-hydrogen) atoms. The molecule has 0 radical (unpaired) electrons. The lowest BCUT2D eigenvalue weighted by molar-refractivity contribution is 1.23. The number of benzene rings is 2. The van der Waals surface area contributed by atoms with E-state index in [1.165, 1.54) is 43.6 Å². The summed E-state index contributed by atoms with van der Waals surface area (Å²) < 4.78 is 2.75. The van der Waals surface area contributed by atoms with E-state index in [1.807, 2.05) is 11.3 Å². The fourth-order valence-corrected chi connectivity index (χ4v) is 17.8. The number of hydrogen-bond donors (Lipinski definition) is 0. The van der Waals surface area contributed by atoms with E-state index in [1.54, 1.807) is 16.7 Å². The zero-order valence-electron chi connectivity index (χ0n) is 18.2. The molecule has 1 aliphatic rings. The van der Waals surface area contributed by atoms with E-state index < -0.39 is 16.1 Å². The molecule has 0 spiro atoms. The summed E-state index contributed by atoms with van der Waals surface area (Å²) in [6.45, 7) is 14.6. The third-order valence-electron chi connectivity index (χ3n) is 6.70. The lowest BCUT2D eigenvalue weighted by atomic mass is 10.0. The van der Waals surface area contributed by atoms with Gasteiger partial charge in [-0.3, -0.25) is 0 Å². The fraction of sp³-hybridized carbons (Fsp3) is 0.333. The number of thiophene rings is 1. The Kier molecular flexibility index (Phi) is 4.18. The van der Waals surface area contributed by atoms with Crippen molar-refractivity contribution in [3.63, 3.8) is 0 Å². The summed E-state index contributed by atoms with van der Waals surface area (Å²) in [4.78, 5) is 9.51. The van der Waals surface area contributed by atoms with Crippen molar-refractivity contribution in [3.8, 4) is 11.3 Å². The van der Waals surface area contributed by atoms with Crippen LogP contribution >= 0.6 is 11.3 Å². The Morgan fingerprint density at radius 1 is 0.828 bits per heavy atom. The van der Waals surface area contributed by atoms with E-state index >= 15 is 0 Å². The summed E-state index contributed by atoms with van der Waals surface area (Å²) in [5.41, 5.74) is 6.00. The van der Waals surface area contributed by atoms with Gasteiger partial charge >= 0.3 is 0 Å². The van der Waals surface area contributed by atoms with Crippen molar-refractivity contribution in [2.75, 3.05) is 0 Å². The van der Waals surface area contributed by atoms with Gasteiger partial charge in [-0.15, -0.1) is 11.3 Å². The number of hydrogen-bond acceptors (Lipinski definition) is 3. The van der Waals surface area contributed by atoms with Gasteiger partial charge in [-0.05, 0) is 31.2 Å². The molecular formula is C24H28N2SSi2. The van der Waals surface area contributed by atoms with Gasteiger partial charge < -0.3 is 0 Å². The summed E-state index contributed by atoms with van der Waals surface area (Å²) in [6, 6.07) is 14.4. The van der Waals surface area contributed by atoms with Crippen LogP contribution in [0.25, 0.3) is 31.6 Å². The van der Waals surface area contributed by atoms with Gasteiger partial charge in [0.25, 0.3) is 0 Å². The second-order valence-electron chi connectivity index (χ2n) is 10.0. The average Bonchev–Trinajstić information content (AvgIpc) is 3.03. The summed E-state index contributed by atoms with van der Waals surface area (Å²) in [6.07, 6.45) is 1.75. The van der Waals surface area contributed by atoms with Gasteiger partial charge in [0.15, 0.2) is 0 Å². The fourth-order valence-electron chi connectivity index (χ4n) is 5.08. The van der Waals surface area contributed by atoms with Crippen molar-refractivity contribution >= 4 is 58.2 Å². The molecule has 0 unspecified atom stereocenters. The van der Waals surface area contributed by atoms with Gasteiger partial charge in [0.1, 0.15) is 6.33 Å². The Bertz CT molecular complexity index is 1270. The smallest absolute Gasteiger partial charge is 0.116 e. The second kappa shape index (κ2) is 6.33. The second-order valence-corrected chi connectivity index (χ2v) is 20.6. The summed E-state index contributed by atoms with van der Waals surface area (Å²) >= 11 is 1.94. The number of aryl methyl sites for hydroxylation is 2. The molecule has 0 atom stereocenters. The minimum atomic E-state index is -1.44. The molecule has 2 aromatic carbocycles. The Balaban J connectivity index is 1.88. The van der Waals surface area contributed by atoms with Gasteiger partial charge in [-0.25, -0.2) is 9.97 Å². The largest absolute Gasteiger partial charge is 0.235 e. The molecule has 5 heteroatoms. The maximum Gasteiger partial charge on any atom is 0.116 e. The molecule has 0 saturated carbocycles. The normalized spacial score (nSPS) is 17.6. The van der Waals surface area contributed by atoms with Crippen LogP contribution in [0.1, 0.15) is 11.1 Å². The molecule has 0 N–H and O–H groups in total. The quantitative estimate of drug-likeness (QED) is 0.346. The maximum atomic E-state index is 4.76. The van der Waals surface area contributed by atoms with E-state index in [0.29, 0.717) is 0 Å². The van der Waals surface area contributed by atoms with Crippen molar-refractivity contribution in [2.45, 2.75) is 52.1 Å². The Labute approximate surface area is 179 Å². The maximum absolute atomic E-state index is 4.76. The average molecular weight is 433 g/mol. The van der Waals surface area contributed by atoms with Crippen LogP contribution in [0.4, 0.5) is 0 Å². The molecule has 4 aromatic rings. The van der Waals surface area contributed by atoms with Gasteiger partial charge in [0.05, 0.1) is 32.1 Å². The first-order chi connectivity index (χ1) is 13.7. The Morgan fingerprint density at radius 2 is 1.52 bits per heavy atom. The van der Waals surface area contributed by atoms with E-state index in [0.717, 1.165) is 11.2 Å². The molecule has 1 aliphatic heterocycles. The standard InChI is InChI=1S/C24H28N2SSi2/c1-15-11-16(2)13-17(12-15)20-23-21(26-14-25-20)18-7-8-19-24(22(18)27-23)29(5,6)10-9-28(19,3)4/h7-8,11-14H,9-10H2,1-6H3. The first kappa shape index (κ1) is 19.2. The molecule has 2 aromatic heterocycles. The van der Waals surface area contributed by atoms with Gasteiger partial charge in [0, 0.05) is 15.6 Å². The van der Waals surface area contributed by atoms with Gasteiger partial charge in [0.2, 0.25) is 0 Å². The van der Waals surface area contributed by atoms with Crippen molar-refractivity contribution in [1.29, 1.82) is 0 Å².